The third-order valence-electron chi connectivity index (χ3n) is 4.04. The molecule has 7 heteroatoms. The molecule has 2 aromatic heterocycles. The summed E-state index contributed by atoms with van der Waals surface area (Å²) < 4.78 is 5.00. The largest absolute Gasteiger partial charge is 0.340 e. The predicted octanol–water partition coefficient (Wildman–Crippen LogP) is 3.23. The fourth-order valence-corrected chi connectivity index (χ4v) is 3.49. The lowest BCUT2D eigenvalue weighted by Gasteiger charge is -2.31. The van der Waals surface area contributed by atoms with Gasteiger partial charge in [0, 0.05) is 31.8 Å². The molecule has 2 aromatic rings. The van der Waals surface area contributed by atoms with Crippen LogP contribution in [0, 0.1) is 19.8 Å². The van der Waals surface area contributed by atoms with E-state index in [-0.39, 0.29) is 6.03 Å². The number of nitrogens with one attached hydrogen (secondary N) is 1. The summed E-state index contributed by atoms with van der Waals surface area (Å²) >= 11 is 1.60. The minimum atomic E-state index is -0.00430. The highest BCUT2D eigenvalue weighted by Crippen LogP contribution is 2.23. The van der Waals surface area contributed by atoms with Crippen LogP contribution >= 0.6 is 11.3 Å². The van der Waals surface area contributed by atoms with Gasteiger partial charge < -0.3 is 14.7 Å². The summed E-state index contributed by atoms with van der Waals surface area (Å²) in [6.45, 7) is 5.36. The lowest BCUT2D eigenvalue weighted by Crippen LogP contribution is -2.41. The van der Waals surface area contributed by atoms with Gasteiger partial charge in [0.05, 0.1) is 5.69 Å². The van der Waals surface area contributed by atoms with Crippen LogP contribution in [0.4, 0.5) is 10.5 Å². The SMILES string of the molecule is Cc1nc(CC2CCN(C(=O)Nc3cscc3C)CC2)no1. The number of aromatic nitrogens is 2. The van der Waals surface area contributed by atoms with Gasteiger partial charge in [0.15, 0.2) is 5.82 Å². The Labute approximate surface area is 133 Å². The van der Waals surface area contributed by atoms with Gasteiger partial charge in [0.1, 0.15) is 0 Å². The second-order valence-corrected chi connectivity index (χ2v) is 6.51. The molecule has 0 bridgehead atoms. The smallest absolute Gasteiger partial charge is 0.321 e. The molecular weight excluding hydrogens is 300 g/mol. The number of likely N-dealkylation sites (tertiary alicyclic amines) is 1. The van der Waals surface area contributed by atoms with Crippen molar-refractivity contribution in [2.45, 2.75) is 33.1 Å². The molecule has 2 amide bonds. The second kappa shape index (κ2) is 6.48. The first-order chi connectivity index (χ1) is 10.6. The van der Waals surface area contributed by atoms with E-state index in [0.717, 1.165) is 49.4 Å². The number of hydrogen-bond donors (Lipinski definition) is 1. The van der Waals surface area contributed by atoms with Crippen molar-refractivity contribution in [1.29, 1.82) is 0 Å². The highest BCUT2D eigenvalue weighted by molar-refractivity contribution is 7.08. The van der Waals surface area contributed by atoms with Crippen LogP contribution in [0.15, 0.2) is 15.3 Å². The fourth-order valence-electron chi connectivity index (χ4n) is 2.71. The number of piperidine rings is 1. The minimum absolute atomic E-state index is 0.00430. The van der Waals surface area contributed by atoms with E-state index in [9.17, 15) is 4.79 Å². The second-order valence-electron chi connectivity index (χ2n) is 5.76. The van der Waals surface area contributed by atoms with E-state index in [1.165, 1.54) is 0 Å². The zero-order valence-corrected chi connectivity index (χ0v) is 13.7. The van der Waals surface area contributed by atoms with Crippen molar-refractivity contribution < 1.29 is 9.32 Å². The lowest BCUT2D eigenvalue weighted by atomic mass is 9.93. The number of aryl methyl sites for hydroxylation is 2. The molecule has 0 saturated carbocycles. The number of hydrogen-bond acceptors (Lipinski definition) is 5. The molecule has 0 spiro atoms. The molecule has 0 radical (unpaired) electrons. The monoisotopic (exact) mass is 320 g/mol. The summed E-state index contributed by atoms with van der Waals surface area (Å²) in [4.78, 5) is 18.4. The molecule has 0 aromatic carbocycles. The van der Waals surface area contributed by atoms with Crippen molar-refractivity contribution in [2.75, 3.05) is 18.4 Å². The van der Waals surface area contributed by atoms with Gasteiger partial charge in [-0.05, 0) is 36.6 Å². The van der Waals surface area contributed by atoms with E-state index < -0.39 is 0 Å². The van der Waals surface area contributed by atoms with E-state index in [4.69, 9.17) is 4.52 Å². The zero-order valence-electron chi connectivity index (χ0n) is 12.8. The molecule has 1 fully saturated rings. The molecule has 3 heterocycles. The Bertz CT molecular complexity index is 644. The lowest BCUT2D eigenvalue weighted by molar-refractivity contribution is 0.181. The van der Waals surface area contributed by atoms with Crippen molar-refractivity contribution in [3.05, 3.63) is 28.0 Å². The summed E-state index contributed by atoms with van der Waals surface area (Å²) in [7, 11) is 0. The fraction of sp³-hybridized carbons (Fsp3) is 0.533. The Morgan fingerprint density at radius 2 is 2.18 bits per heavy atom. The third-order valence-corrected chi connectivity index (χ3v) is 4.90. The maximum atomic E-state index is 12.3. The van der Waals surface area contributed by atoms with Crippen LogP contribution < -0.4 is 5.32 Å². The van der Waals surface area contributed by atoms with Crippen LogP contribution in [-0.2, 0) is 6.42 Å². The zero-order chi connectivity index (χ0) is 15.5. The summed E-state index contributed by atoms with van der Waals surface area (Å²) in [6.07, 6.45) is 2.78. The Morgan fingerprint density at radius 1 is 1.41 bits per heavy atom. The van der Waals surface area contributed by atoms with E-state index in [0.29, 0.717) is 11.8 Å². The molecule has 1 aliphatic rings. The predicted molar refractivity (Wildman–Crippen MR) is 85.1 cm³/mol. The van der Waals surface area contributed by atoms with E-state index in [1.54, 1.807) is 18.3 Å². The molecule has 6 nitrogen and oxygen atoms in total. The summed E-state index contributed by atoms with van der Waals surface area (Å²) in [5.41, 5.74) is 2.03. The summed E-state index contributed by atoms with van der Waals surface area (Å²) in [5.74, 6) is 1.90. The van der Waals surface area contributed by atoms with Crippen molar-refractivity contribution in [3.63, 3.8) is 0 Å². The van der Waals surface area contributed by atoms with Gasteiger partial charge in [-0.15, -0.1) is 11.3 Å². The molecule has 0 aliphatic carbocycles. The van der Waals surface area contributed by atoms with Crippen molar-refractivity contribution in [2.24, 2.45) is 5.92 Å². The van der Waals surface area contributed by atoms with Gasteiger partial charge in [-0.25, -0.2) is 4.79 Å². The Balaban J connectivity index is 1.49. The van der Waals surface area contributed by atoms with Gasteiger partial charge in [-0.3, -0.25) is 0 Å². The average molecular weight is 320 g/mol. The third kappa shape index (κ3) is 3.47. The first-order valence-electron chi connectivity index (χ1n) is 7.49. The van der Waals surface area contributed by atoms with Crippen LogP contribution in [0.25, 0.3) is 0 Å². The van der Waals surface area contributed by atoms with Crippen molar-refractivity contribution >= 4 is 23.1 Å². The van der Waals surface area contributed by atoms with E-state index >= 15 is 0 Å². The first kappa shape index (κ1) is 15.0. The normalized spacial score (nSPS) is 16.0. The summed E-state index contributed by atoms with van der Waals surface area (Å²) in [6, 6.07) is -0.00430. The maximum absolute atomic E-state index is 12.3. The Kier molecular flexibility index (Phi) is 4.42. The first-order valence-corrected chi connectivity index (χ1v) is 8.44. The van der Waals surface area contributed by atoms with E-state index in [1.807, 2.05) is 22.6 Å². The quantitative estimate of drug-likeness (QED) is 0.942. The number of anilines is 1. The number of urea groups is 1. The van der Waals surface area contributed by atoms with Crippen LogP contribution in [0.2, 0.25) is 0 Å². The molecule has 22 heavy (non-hydrogen) atoms. The number of carbonyl (C=O) groups is 1. The molecule has 0 atom stereocenters. The van der Waals surface area contributed by atoms with Crippen molar-refractivity contribution in [3.8, 4) is 0 Å². The standard InChI is InChI=1S/C15H20N4O2S/c1-10-8-22-9-13(10)17-15(20)19-5-3-12(4-6-19)7-14-16-11(2)21-18-14/h8-9,12H,3-7H2,1-2H3,(H,17,20). The topological polar surface area (TPSA) is 71.3 Å². The number of amides is 2. The van der Waals surface area contributed by atoms with Gasteiger partial charge in [0.2, 0.25) is 5.89 Å². The molecular formula is C15H20N4O2S. The highest BCUT2D eigenvalue weighted by Gasteiger charge is 2.24. The molecule has 3 rings (SSSR count). The number of rotatable bonds is 3. The number of nitrogens with zero attached hydrogens (tertiary/aromatic N) is 3. The number of thiophene rings is 1. The van der Waals surface area contributed by atoms with Gasteiger partial charge in [-0.1, -0.05) is 5.16 Å². The van der Waals surface area contributed by atoms with Crippen LogP contribution in [0.1, 0.15) is 30.1 Å². The Morgan fingerprint density at radius 3 is 2.77 bits per heavy atom. The Hall–Kier alpha value is -1.89. The average Bonchev–Trinajstić information content (AvgIpc) is 3.09. The molecule has 118 valence electrons. The molecule has 1 N–H and O–H groups in total. The minimum Gasteiger partial charge on any atom is -0.340 e. The van der Waals surface area contributed by atoms with Gasteiger partial charge >= 0.3 is 6.03 Å². The number of carbonyl (C=O) groups excluding carboxylic acids is 1. The van der Waals surface area contributed by atoms with Crippen LogP contribution in [0.5, 0.6) is 0 Å². The molecule has 1 aliphatic heterocycles. The molecule has 0 unspecified atom stereocenters. The van der Waals surface area contributed by atoms with Gasteiger partial charge in [-0.2, -0.15) is 4.98 Å². The van der Waals surface area contributed by atoms with Crippen molar-refractivity contribution in [1.82, 2.24) is 15.0 Å². The van der Waals surface area contributed by atoms with E-state index in [2.05, 4.69) is 15.5 Å². The highest BCUT2D eigenvalue weighted by atomic mass is 32.1. The maximum Gasteiger partial charge on any atom is 0.321 e. The summed E-state index contributed by atoms with van der Waals surface area (Å²) in [5, 5.41) is 10.9. The van der Waals surface area contributed by atoms with Gasteiger partial charge in [0.25, 0.3) is 0 Å². The van der Waals surface area contributed by atoms with Crippen LogP contribution in [0.3, 0.4) is 0 Å². The molecule has 1 saturated heterocycles. The van der Waals surface area contributed by atoms with Crippen LogP contribution in [-0.4, -0.2) is 34.2 Å².